The third-order valence-corrected chi connectivity index (χ3v) is 5.76. The molecule has 2 aromatic rings. The van der Waals surface area contributed by atoms with Gasteiger partial charge in [-0.1, -0.05) is 36.4 Å². The van der Waals surface area contributed by atoms with Gasteiger partial charge in [-0.05, 0) is 50.9 Å². The number of nitrogens with one attached hydrogen (secondary N) is 1. The number of aromatic nitrogens is 1. The summed E-state index contributed by atoms with van der Waals surface area (Å²) in [5, 5.41) is 2.56. The third-order valence-electron chi connectivity index (χ3n) is 5.76. The first-order valence-corrected chi connectivity index (χ1v) is 10.6. The molecule has 1 aromatic heterocycles. The van der Waals surface area contributed by atoms with Gasteiger partial charge in [-0.25, -0.2) is 9.78 Å². The number of nitrogens with zero attached hydrogens (tertiary/aromatic N) is 1. The fraction of sp³-hybridized carbons (Fsp3) is 0.391. The normalized spacial score (nSPS) is 17.5. The number of amides is 1. The average molecular weight is 477 g/mol. The van der Waals surface area contributed by atoms with E-state index in [9.17, 15) is 18.0 Å². The summed E-state index contributed by atoms with van der Waals surface area (Å²) >= 11 is 0. The summed E-state index contributed by atoms with van der Waals surface area (Å²) in [4.78, 5) is 15.7. The highest BCUT2D eigenvalue weighted by molar-refractivity contribution is 6.56. The van der Waals surface area contributed by atoms with Crippen molar-refractivity contribution in [3.63, 3.8) is 0 Å². The zero-order chi connectivity index (χ0) is 25.1. The first kappa shape index (κ1) is 25.6. The molecule has 11 heteroatoms. The van der Waals surface area contributed by atoms with Gasteiger partial charge in [-0.2, -0.15) is 13.2 Å². The van der Waals surface area contributed by atoms with Crippen LogP contribution in [0, 0.1) is 0 Å². The Morgan fingerprint density at radius 2 is 1.74 bits per heavy atom. The van der Waals surface area contributed by atoms with Crippen molar-refractivity contribution < 1.29 is 32.0 Å². The molecular weight excluding hydrogens is 450 g/mol. The highest BCUT2D eigenvalue weighted by Gasteiger charge is 2.52. The molecule has 2 heterocycles. The zero-order valence-corrected chi connectivity index (χ0v) is 19.4. The maximum Gasteiger partial charge on any atom is 0.492 e. The number of anilines is 1. The van der Waals surface area contributed by atoms with Crippen LogP contribution >= 0.6 is 0 Å². The molecule has 0 radical (unpaired) electrons. The second kappa shape index (κ2) is 9.67. The molecular formula is C23H27BF3N3O4. The van der Waals surface area contributed by atoms with Crippen molar-refractivity contribution in [3.8, 4) is 0 Å². The molecule has 3 rings (SSSR count). The summed E-state index contributed by atoms with van der Waals surface area (Å²) < 4.78 is 57.9. The van der Waals surface area contributed by atoms with Crippen LogP contribution in [-0.4, -0.2) is 35.9 Å². The van der Waals surface area contributed by atoms with Gasteiger partial charge in [0.05, 0.1) is 11.2 Å². The van der Waals surface area contributed by atoms with Crippen molar-refractivity contribution in [3.05, 3.63) is 64.8 Å². The second-order valence-corrected chi connectivity index (χ2v) is 8.89. The number of nitrogen functional groups attached to an aromatic ring is 1. The number of alkyl halides is 3. The predicted octanol–water partition coefficient (Wildman–Crippen LogP) is 4.62. The molecule has 1 aliphatic rings. The van der Waals surface area contributed by atoms with Gasteiger partial charge >= 0.3 is 19.4 Å². The molecule has 1 aromatic carbocycles. The second-order valence-electron chi connectivity index (χ2n) is 8.89. The van der Waals surface area contributed by atoms with Crippen LogP contribution in [0.25, 0.3) is 6.08 Å². The monoisotopic (exact) mass is 477 g/mol. The van der Waals surface area contributed by atoms with Gasteiger partial charge in [-0.3, -0.25) is 0 Å². The Morgan fingerprint density at radius 3 is 2.32 bits per heavy atom. The molecule has 1 fully saturated rings. The van der Waals surface area contributed by atoms with Crippen LogP contribution in [0.1, 0.15) is 44.5 Å². The predicted molar refractivity (Wildman–Crippen MR) is 122 cm³/mol. The Morgan fingerprint density at radius 1 is 1.12 bits per heavy atom. The number of benzene rings is 1. The number of halogens is 3. The molecule has 0 unspecified atom stereocenters. The summed E-state index contributed by atoms with van der Waals surface area (Å²) in [5.74, 6) is -0.260. The largest absolute Gasteiger partial charge is 0.492 e. The smallest absolute Gasteiger partial charge is 0.445 e. The van der Waals surface area contributed by atoms with E-state index in [0.717, 1.165) is 5.56 Å². The molecule has 34 heavy (non-hydrogen) atoms. The molecule has 0 saturated carbocycles. The SMILES string of the molecule is CC1(C)OB(C(=Cc2ccc(N)nc2C(F)(F)F)CNC(=O)OCc2ccccc2)OC1(C)C. The number of ether oxygens (including phenoxy) is 1. The van der Waals surface area contributed by atoms with Gasteiger partial charge in [-0.15, -0.1) is 0 Å². The van der Waals surface area contributed by atoms with Crippen LogP contribution in [0.15, 0.2) is 47.9 Å². The van der Waals surface area contributed by atoms with Crippen molar-refractivity contribution in [2.24, 2.45) is 0 Å². The summed E-state index contributed by atoms with van der Waals surface area (Å²) in [6.07, 6.45) is -4.23. The van der Waals surface area contributed by atoms with E-state index >= 15 is 0 Å². The molecule has 0 bridgehead atoms. The van der Waals surface area contributed by atoms with Gasteiger partial charge in [0.2, 0.25) is 0 Å². The van der Waals surface area contributed by atoms with Crippen LogP contribution in [-0.2, 0) is 26.8 Å². The fourth-order valence-corrected chi connectivity index (χ4v) is 3.17. The van der Waals surface area contributed by atoms with Crippen molar-refractivity contribution in [1.29, 1.82) is 0 Å². The minimum Gasteiger partial charge on any atom is -0.445 e. The summed E-state index contributed by atoms with van der Waals surface area (Å²) in [7, 11) is -1.00. The zero-order valence-electron chi connectivity index (χ0n) is 19.4. The number of rotatable bonds is 6. The average Bonchev–Trinajstić information content (AvgIpc) is 2.97. The van der Waals surface area contributed by atoms with E-state index in [1.54, 1.807) is 12.1 Å². The number of pyridine rings is 1. The molecule has 1 aliphatic heterocycles. The summed E-state index contributed by atoms with van der Waals surface area (Å²) in [6.45, 7) is 7.14. The Hall–Kier alpha value is -3.05. The molecule has 0 atom stereocenters. The lowest BCUT2D eigenvalue weighted by Gasteiger charge is -2.32. The third kappa shape index (κ3) is 6.09. The van der Waals surface area contributed by atoms with Gasteiger partial charge in [0.1, 0.15) is 12.4 Å². The lowest BCUT2D eigenvalue weighted by atomic mass is 9.76. The molecule has 0 spiro atoms. The Kier molecular flexibility index (Phi) is 7.28. The minimum absolute atomic E-state index is 0.0440. The van der Waals surface area contributed by atoms with Gasteiger partial charge in [0.15, 0.2) is 5.69 Å². The first-order chi connectivity index (χ1) is 15.8. The van der Waals surface area contributed by atoms with E-state index < -0.39 is 36.3 Å². The standard InChI is InChI=1S/C23H27BF3N3O4/c1-21(2)22(3,4)34-24(33-21)17(12-16-10-11-18(28)30-19(16)23(25,26)27)13-29-20(31)32-14-15-8-6-5-7-9-15/h5-12H,13-14H2,1-4H3,(H2,28,30)(H,29,31). The topological polar surface area (TPSA) is 95.7 Å². The Bertz CT molecular complexity index is 1040. The number of carbonyl (C=O) groups is 1. The maximum absolute atomic E-state index is 13.6. The van der Waals surface area contributed by atoms with E-state index in [4.69, 9.17) is 19.8 Å². The van der Waals surface area contributed by atoms with Gasteiger partial charge in [0, 0.05) is 12.1 Å². The number of hydrogen-bond acceptors (Lipinski definition) is 6. The maximum atomic E-state index is 13.6. The quantitative estimate of drug-likeness (QED) is 0.590. The molecule has 3 N–H and O–H groups in total. The number of alkyl carbamates (subject to hydrolysis) is 1. The van der Waals surface area contributed by atoms with Crippen LogP contribution in [0.4, 0.5) is 23.8 Å². The van der Waals surface area contributed by atoms with E-state index in [2.05, 4.69) is 10.3 Å². The lowest BCUT2D eigenvalue weighted by Crippen LogP contribution is -2.41. The number of carbonyl (C=O) groups excluding carboxylic acids is 1. The first-order valence-electron chi connectivity index (χ1n) is 10.6. The molecule has 1 amide bonds. The van der Waals surface area contributed by atoms with Crippen molar-refractivity contribution in [1.82, 2.24) is 10.3 Å². The Balaban J connectivity index is 1.85. The minimum atomic E-state index is -4.73. The lowest BCUT2D eigenvalue weighted by molar-refractivity contribution is -0.141. The number of nitrogens with two attached hydrogens (primary N) is 1. The fourth-order valence-electron chi connectivity index (χ4n) is 3.17. The van der Waals surface area contributed by atoms with E-state index in [1.807, 2.05) is 45.9 Å². The molecule has 7 nitrogen and oxygen atoms in total. The Labute approximate surface area is 196 Å². The highest BCUT2D eigenvalue weighted by atomic mass is 19.4. The molecule has 1 saturated heterocycles. The van der Waals surface area contributed by atoms with Crippen LogP contribution in [0.2, 0.25) is 0 Å². The van der Waals surface area contributed by atoms with Crippen LogP contribution in [0.5, 0.6) is 0 Å². The summed E-state index contributed by atoms with van der Waals surface area (Å²) in [6, 6.07) is 11.6. The van der Waals surface area contributed by atoms with E-state index in [-0.39, 0.29) is 30.0 Å². The summed E-state index contributed by atoms with van der Waals surface area (Å²) in [5.41, 5.74) is 3.67. The van der Waals surface area contributed by atoms with Crippen molar-refractivity contribution in [2.45, 2.75) is 51.7 Å². The van der Waals surface area contributed by atoms with Crippen molar-refractivity contribution in [2.75, 3.05) is 12.3 Å². The van der Waals surface area contributed by atoms with Crippen molar-refractivity contribution >= 4 is 25.1 Å². The van der Waals surface area contributed by atoms with Gasteiger partial charge in [0.25, 0.3) is 0 Å². The van der Waals surface area contributed by atoms with E-state index in [0.29, 0.717) is 0 Å². The van der Waals surface area contributed by atoms with Crippen LogP contribution < -0.4 is 11.1 Å². The highest BCUT2D eigenvalue weighted by Crippen LogP contribution is 2.39. The van der Waals surface area contributed by atoms with E-state index in [1.165, 1.54) is 18.2 Å². The van der Waals surface area contributed by atoms with Gasteiger partial charge < -0.3 is 25.1 Å². The van der Waals surface area contributed by atoms with Crippen LogP contribution in [0.3, 0.4) is 0 Å². The molecule has 0 aliphatic carbocycles. The molecule has 182 valence electrons. The number of hydrogen-bond donors (Lipinski definition) is 2.